The number of imidazole rings is 1. The van der Waals surface area contributed by atoms with Crippen molar-refractivity contribution >= 4 is 39.6 Å². The Morgan fingerprint density at radius 2 is 1.90 bits per heavy atom. The van der Waals surface area contributed by atoms with Crippen molar-refractivity contribution < 1.29 is 14.3 Å². The van der Waals surface area contributed by atoms with E-state index in [1.807, 2.05) is 72.4 Å². The molecule has 6 nitrogen and oxygen atoms in total. The molecule has 0 bridgehead atoms. The minimum Gasteiger partial charge on any atom is -0.455 e. The number of aryl methyl sites for hydroxylation is 1. The lowest BCUT2D eigenvalue weighted by molar-refractivity contribution is -0.146. The van der Waals surface area contributed by atoms with E-state index in [0.717, 1.165) is 14.9 Å². The monoisotopic (exact) mass is 473 g/mol. The third kappa shape index (κ3) is 6.20. The molecule has 0 aliphatic rings. The quantitative estimate of drug-likeness (QED) is 0.398. The van der Waals surface area contributed by atoms with Crippen molar-refractivity contribution in [2.45, 2.75) is 10.9 Å². The normalized spacial score (nSPS) is 11.7. The van der Waals surface area contributed by atoms with Crippen LogP contribution in [0.25, 0.3) is 0 Å². The summed E-state index contributed by atoms with van der Waals surface area (Å²) in [6.45, 7) is -0.340. The Hall–Kier alpha value is -2.58. The van der Waals surface area contributed by atoms with Crippen LogP contribution in [0.1, 0.15) is 17.4 Å². The standard InChI is InChI=1S/C21H20BrN3O3S/c1-25-12-11-23-21(25)20(15-5-3-2-4-6-15)24-18(26)13-28-19(27)14-29-17-9-7-16(22)8-10-17/h2-12,20H,13-14H2,1H3,(H,24,26). The van der Waals surface area contributed by atoms with Gasteiger partial charge in [-0.05, 0) is 29.8 Å². The Kier molecular flexibility index (Phi) is 7.48. The molecule has 1 N–H and O–H groups in total. The van der Waals surface area contributed by atoms with Gasteiger partial charge in [0, 0.05) is 28.8 Å². The lowest BCUT2D eigenvalue weighted by atomic mass is 10.1. The highest BCUT2D eigenvalue weighted by atomic mass is 79.9. The maximum atomic E-state index is 12.4. The molecule has 1 unspecified atom stereocenters. The molecule has 2 aromatic carbocycles. The third-order valence-corrected chi connectivity index (χ3v) is 5.60. The second-order valence-electron chi connectivity index (χ2n) is 6.21. The zero-order valence-corrected chi connectivity index (χ0v) is 18.2. The number of benzene rings is 2. The van der Waals surface area contributed by atoms with Crippen LogP contribution in [0.3, 0.4) is 0 Å². The lowest BCUT2D eigenvalue weighted by Gasteiger charge is -2.19. The van der Waals surface area contributed by atoms with Crippen LogP contribution in [0.5, 0.6) is 0 Å². The van der Waals surface area contributed by atoms with Crippen LogP contribution >= 0.6 is 27.7 Å². The van der Waals surface area contributed by atoms with Crippen LogP contribution in [0.2, 0.25) is 0 Å². The molecule has 1 atom stereocenters. The van der Waals surface area contributed by atoms with Crippen molar-refractivity contribution in [2.24, 2.45) is 7.05 Å². The predicted octanol–water partition coefficient (Wildman–Crippen LogP) is 3.72. The molecule has 0 spiro atoms. The number of nitrogens with one attached hydrogen (secondary N) is 1. The summed E-state index contributed by atoms with van der Waals surface area (Å²) in [5.74, 6) is 0.00275. The summed E-state index contributed by atoms with van der Waals surface area (Å²) >= 11 is 4.73. The van der Waals surface area contributed by atoms with Crippen molar-refractivity contribution in [3.63, 3.8) is 0 Å². The number of rotatable bonds is 8. The van der Waals surface area contributed by atoms with Gasteiger partial charge in [0.2, 0.25) is 0 Å². The second-order valence-corrected chi connectivity index (χ2v) is 8.18. The van der Waals surface area contributed by atoms with Gasteiger partial charge in [-0.3, -0.25) is 9.59 Å². The number of thioether (sulfide) groups is 1. The van der Waals surface area contributed by atoms with Crippen molar-refractivity contribution in [3.05, 3.63) is 82.9 Å². The summed E-state index contributed by atoms with van der Waals surface area (Å²) in [7, 11) is 1.86. The fourth-order valence-electron chi connectivity index (χ4n) is 2.66. The Labute approximate surface area is 181 Å². The van der Waals surface area contributed by atoms with E-state index in [1.54, 1.807) is 6.20 Å². The van der Waals surface area contributed by atoms with Gasteiger partial charge in [-0.1, -0.05) is 46.3 Å². The first-order valence-electron chi connectivity index (χ1n) is 8.88. The molecule has 0 saturated carbocycles. The van der Waals surface area contributed by atoms with Gasteiger partial charge in [-0.15, -0.1) is 11.8 Å². The molecule has 3 aromatic rings. The van der Waals surface area contributed by atoms with Gasteiger partial charge in [-0.2, -0.15) is 0 Å². The Morgan fingerprint density at radius 1 is 1.17 bits per heavy atom. The van der Waals surface area contributed by atoms with E-state index in [4.69, 9.17) is 4.74 Å². The van der Waals surface area contributed by atoms with E-state index < -0.39 is 12.0 Å². The lowest BCUT2D eigenvalue weighted by Crippen LogP contribution is -2.34. The highest BCUT2D eigenvalue weighted by Crippen LogP contribution is 2.21. The molecule has 0 radical (unpaired) electrons. The molecule has 0 saturated heterocycles. The van der Waals surface area contributed by atoms with E-state index in [-0.39, 0.29) is 18.3 Å². The van der Waals surface area contributed by atoms with Gasteiger partial charge in [0.05, 0.1) is 5.75 Å². The molecule has 1 heterocycles. The average molecular weight is 474 g/mol. The minimum absolute atomic E-state index is 0.135. The first-order valence-corrected chi connectivity index (χ1v) is 10.7. The highest BCUT2D eigenvalue weighted by molar-refractivity contribution is 9.10. The number of hydrogen-bond donors (Lipinski definition) is 1. The maximum absolute atomic E-state index is 12.4. The third-order valence-electron chi connectivity index (χ3n) is 4.09. The number of carbonyl (C=O) groups excluding carboxylic acids is 2. The van der Waals surface area contributed by atoms with Crippen LogP contribution < -0.4 is 5.32 Å². The molecule has 8 heteroatoms. The number of nitrogens with zero attached hydrogens (tertiary/aromatic N) is 2. The van der Waals surface area contributed by atoms with Gasteiger partial charge in [-0.25, -0.2) is 4.98 Å². The zero-order chi connectivity index (χ0) is 20.6. The first-order chi connectivity index (χ1) is 14.0. The van der Waals surface area contributed by atoms with Crippen LogP contribution in [0, 0.1) is 0 Å². The molecule has 1 aromatic heterocycles. The second kappa shape index (κ2) is 10.3. The Balaban J connectivity index is 1.54. The zero-order valence-electron chi connectivity index (χ0n) is 15.7. The Bertz CT molecular complexity index is 961. The number of aromatic nitrogens is 2. The number of carbonyl (C=O) groups is 2. The summed E-state index contributed by atoms with van der Waals surface area (Å²) < 4.78 is 7.95. The summed E-state index contributed by atoms with van der Waals surface area (Å²) in [6, 6.07) is 16.7. The largest absolute Gasteiger partial charge is 0.455 e. The molecule has 1 amide bonds. The SMILES string of the molecule is Cn1ccnc1C(NC(=O)COC(=O)CSc1ccc(Br)cc1)c1ccccc1. The van der Waals surface area contributed by atoms with Crippen LogP contribution in [0.4, 0.5) is 0 Å². The number of ether oxygens (including phenoxy) is 1. The average Bonchev–Trinajstić information content (AvgIpc) is 3.16. The van der Waals surface area contributed by atoms with Gasteiger partial charge >= 0.3 is 5.97 Å². The topological polar surface area (TPSA) is 73.2 Å². The molecule has 0 aliphatic carbocycles. The van der Waals surface area contributed by atoms with Gasteiger partial charge < -0.3 is 14.6 Å². The number of hydrogen-bond acceptors (Lipinski definition) is 5. The molecule has 3 rings (SSSR count). The summed E-state index contributed by atoms with van der Waals surface area (Å²) in [5.41, 5.74) is 0.896. The van der Waals surface area contributed by atoms with E-state index >= 15 is 0 Å². The maximum Gasteiger partial charge on any atom is 0.316 e. The van der Waals surface area contributed by atoms with Gasteiger partial charge in [0.15, 0.2) is 6.61 Å². The summed E-state index contributed by atoms with van der Waals surface area (Å²) in [4.78, 5) is 29.7. The van der Waals surface area contributed by atoms with Crippen LogP contribution in [-0.4, -0.2) is 33.8 Å². The number of halogens is 1. The predicted molar refractivity (Wildman–Crippen MR) is 115 cm³/mol. The molecule has 29 heavy (non-hydrogen) atoms. The molecule has 150 valence electrons. The van der Waals surface area contributed by atoms with E-state index in [1.165, 1.54) is 11.8 Å². The van der Waals surface area contributed by atoms with Crippen LogP contribution in [-0.2, 0) is 21.4 Å². The number of amides is 1. The van der Waals surface area contributed by atoms with Gasteiger partial charge in [0.25, 0.3) is 5.91 Å². The molecule has 0 aliphatic heterocycles. The van der Waals surface area contributed by atoms with Crippen molar-refractivity contribution in [2.75, 3.05) is 12.4 Å². The first kappa shape index (κ1) is 21.1. The highest BCUT2D eigenvalue weighted by Gasteiger charge is 2.21. The minimum atomic E-state index is -0.443. The van der Waals surface area contributed by atoms with E-state index in [2.05, 4.69) is 26.2 Å². The van der Waals surface area contributed by atoms with Gasteiger partial charge in [0.1, 0.15) is 11.9 Å². The van der Waals surface area contributed by atoms with Crippen molar-refractivity contribution in [3.8, 4) is 0 Å². The van der Waals surface area contributed by atoms with Crippen molar-refractivity contribution in [1.29, 1.82) is 0 Å². The fraction of sp³-hybridized carbons (Fsp3) is 0.190. The van der Waals surface area contributed by atoms with Crippen LogP contribution in [0.15, 0.2) is 76.4 Å². The van der Waals surface area contributed by atoms with Crippen molar-refractivity contribution in [1.82, 2.24) is 14.9 Å². The molecular formula is C21H20BrN3O3S. The summed E-state index contributed by atoms with van der Waals surface area (Å²) in [5, 5.41) is 2.90. The van der Waals surface area contributed by atoms with E-state index in [9.17, 15) is 9.59 Å². The smallest absolute Gasteiger partial charge is 0.316 e. The number of esters is 1. The molecular weight excluding hydrogens is 454 g/mol. The molecule has 0 fully saturated rings. The fourth-order valence-corrected chi connectivity index (χ4v) is 3.62. The Morgan fingerprint density at radius 3 is 2.55 bits per heavy atom. The van der Waals surface area contributed by atoms with E-state index in [0.29, 0.717) is 5.82 Å². The summed E-state index contributed by atoms with van der Waals surface area (Å²) in [6.07, 6.45) is 3.49.